The Hall–Kier alpha value is -2.67. The molecule has 6 nitrogen and oxygen atoms in total. The van der Waals surface area contributed by atoms with Crippen molar-refractivity contribution in [1.82, 2.24) is 4.98 Å². The molecule has 0 bridgehead atoms. The standard InChI is InChI=1S/C17H14N2O4S/c20-15(19-17-18-13(9-24-17)10-1-2-10)8-22-12-5-3-11-4-6-16(21)23-14(11)7-12/h3-7,9-10H,1-2,8H2,(H,18,19,20). The highest BCUT2D eigenvalue weighted by atomic mass is 32.1. The molecule has 1 aliphatic rings. The van der Waals surface area contributed by atoms with E-state index < -0.39 is 5.63 Å². The van der Waals surface area contributed by atoms with Gasteiger partial charge in [0.1, 0.15) is 11.3 Å². The zero-order valence-corrected chi connectivity index (χ0v) is 13.5. The molecule has 7 heteroatoms. The lowest BCUT2D eigenvalue weighted by Gasteiger charge is -2.06. The zero-order chi connectivity index (χ0) is 16.5. The van der Waals surface area contributed by atoms with Crippen LogP contribution in [0.4, 0.5) is 5.13 Å². The summed E-state index contributed by atoms with van der Waals surface area (Å²) < 4.78 is 10.5. The topological polar surface area (TPSA) is 81.4 Å². The van der Waals surface area contributed by atoms with Gasteiger partial charge in [-0.3, -0.25) is 10.1 Å². The number of fused-ring (bicyclic) bond motifs is 1. The number of carbonyl (C=O) groups excluding carboxylic acids is 1. The average molecular weight is 342 g/mol. The summed E-state index contributed by atoms with van der Waals surface area (Å²) in [5.74, 6) is 0.751. The van der Waals surface area contributed by atoms with Crippen molar-refractivity contribution < 1.29 is 13.9 Å². The van der Waals surface area contributed by atoms with Crippen LogP contribution in [0, 0.1) is 0 Å². The Bertz CT molecular complexity index is 958. The molecule has 0 aliphatic heterocycles. The highest BCUT2D eigenvalue weighted by Gasteiger charge is 2.26. The Morgan fingerprint density at radius 2 is 2.17 bits per heavy atom. The predicted molar refractivity (Wildman–Crippen MR) is 90.7 cm³/mol. The maximum atomic E-state index is 12.0. The van der Waals surface area contributed by atoms with Gasteiger partial charge in [-0.2, -0.15) is 0 Å². The molecule has 1 N–H and O–H groups in total. The van der Waals surface area contributed by atoms with Crippen LogP contribution < -0.4 is 15.7 Å². The molecule has 0 atom stereocenters. The second-order valence-electron chi connectivity index (χ2n) is 5.64. The fourth-order valence-corrected chi connectivity index (χ4v) is 3.15. The molecule has 24 heavy (non-hydrogen) atoms. The minimum atomic E-state index is -0.423. The van der Waals surface area contributed by atoms with Gasteiger partial charge in [-0.15, -0.1) is 11.3 Å². The smallest absolute Gasteiger partial charge is 0.336 e. The van der Waals surface area contributed by atoms with Crippen molar-refractivity contribution in [1.29, 1.82) is 0 Å². The van der Waals surface area contributed by atoms with Crippen LogP contribution in [0.2, 0.25) is 0 Å². The molecule has 1 amide bonds. The zero-order valence-electron chi connectivity index (χ0n) is 12.7. The molecule has 0 unspecified atom stereocenters. The van der Waals surface area contributed by atoms with Gasteiger partial charge in [-0.05, 0) is 31.0 Å². The number of rotatable bonds is 5. The first-order valence-electron chi connectivity index (χ1n) is 7.59. The van der Waals surface area contributed by atoms with Gasteiger partial charge < -0.3 is 9.15 Å². The normalized spacial score (nSPS) is 13.8. The van der Waals surface area contributed by atoms with Gasteiger partial charge in [0.05, 0.1) is 5.69 Å². The molecule has 122 valence electrons. The molecular formula is C17H14N2O4S. The Kier molecular flexibility index (Phi) is 3.78. The molecule has 1 aromatic carbocycles. The van der Waals surface area contributed by atoms with Crippen molar-refractivity contribution in [3.05, 3.63) is 51.8 Å². The fourth-order valence-electron chi connectivity index (χ4n) is 2.35. The Balaban J connectivity index is 1.38. The largest absolute Gasteiger partial charge is 0.484 e. The number of hydrogen-bond acceptors (Lipinski definition) is 6. The molecule has 0 radical (unpaired) electrons. The monoisotopic (exact) mass is 342 g/mol. The summed E-state index contributed by atoms with van der Waals surface area (Å²) in [5.41, 5.74) is 1.06. The third-order valence-electron chi connectivity index (χ3n) is 3.73. The van der Waals surface area contributed by atoms with Crippen molar-refractivity contribution in [3.8, 4) is 5.75 Å². The van der Waals surface area contributed by atoms with Crippen LogP contribution in [0.1, 0.15) is 24.5 Å². The number of aromatic nitrogens is 1. The van der Waals surface area contributed by atoms with E-state index in [0.29, 0.717) is 22.4 Å². The second-order valence-corrected chi connectivity index (χ2v) is 6.50. The van der Waals surface area contributed by atoms with Crippen molar-refractivity contribution >= 4 is 33.3 Å². The third-order valence-corrected chi connectivity index (χ3v) is 4.50. The highest BCUT2D eigenvalue weighted by Crippen LogP contribution is 2.40. The molecule has 2 heterocycles. The van der Waals surface area contributed by atoms with Gasteiger partial charge in [0.15, 0.2) is 11.7 Å². The van der Waals surface area contributed by atoms with E-state index in [1.165, 1.54) is 30.2 Å². The number of carbonyl (C=O) groups is 1. The average Bonchev–Trinajstić information content (AvgIpc) is 3.32. The molecule has 0 spiro atoms. The first-order chi connectivity index (χ1) is 11.7. The molecule has 0 saturated heterocycles. The number of amides is 1. The summed E-state index contributed by atoms with van der Waals surface area (Å²) in [7, 11) is 0. The summed E-state index contributed by atoms with van der Waals surface area (Å²) in [6.07, 6.45) is 2.36. The second kappa shape index (κ2) is 6.09. The van der Waals surface area contributed by atoms with Crippen LogP contribution in [0.25, 0.3) is 11.0 Å². The fraction of sp³-hybridized carbons (Fsp3) is 0.235. The Morgan fingerprint density at radius 1 is 1.33 bits per heavy atom. The molecule has 1 fully saturated rings. The number of hydrogen-bond donors (Lipinski definition) is 1. The first kappa shape index (κ1) is 14.9. The van der Waals surface area contributed by atoms with E-state index in [2.05, 4.69) is 10.3 Å². The van der Waals surface area contributed by atoms with Crippen LogP contribution in [-0.4, -0.2) is 17.5 Å². The Labute approximate surface area is 141 Å². The number of benzene rings is 1. The Morgan fingerprint density at radius 3 is 3.00 bits per heavy atom. The third kappa shape index (κ3) is 3.30. The quantitative estimate of drug-likeness (QED) is 0.720. The van der Waals surface area contributed by atoms with Gasteiger partial charge in [-0.25, -0.2) is 9.78 Å². The summed E-state index contributed by atoms with van der Waals surface area (Å²) in [6, 6.07) is 8.13. The maximum Gasteiger partial charge on any atom is 0.336 e. The first-order valence-corrected chi connectivity index (χ1v) is 8.47. The lowest BCUT2D eigenvalue weighted by molar-refractivity contribution is -0.118. The summed E-state index contributed by atoms with van der Waals surface area (Å²) in [4.78, 5) is 27.6. The van der Waals surface area contributed by atoms with Crippen molar-refractivity contribution in [2.75, 3.05) is 11.9 Å². The van der Waals surface area contributed by atoms with Gasteiger partial charge in [0.25, 0.3) is 5.91 Å². The van der Waals surface area contributed by atoms with Gasteiger partial charge in [0.2, 0.25) is 0 Å². The van der Waals surface area contributed by atoms with Crippen LogP contribution in [0.3, 0.4) is 0 Å². The minimum Gasteiger partial charge on any atom is -0.484 e. The summed E-state index contributed by atoms with van der Waals surface area (Å²) in [5, 5.41) is 6.10. The lowest BCUT2D eigenvalue weighted by Crippen LogP contribution is -2.20. The number of thiazole rings is 1. The lowest BCUT2D eigenvalue weighted by atomic mass is 10.2. The van der Waals surface area contributed by atoms with Gasteiger partial charge in [0, 0.05) is 28.8 Å². The van der Waals surface area contributed by atoms with E-state index in [1.54, 1.807) is 24.3 Å². The van der Waals surface area contributed by atoms with E-state index in [4.69, 9.17) is 9.15 Å². The number of anilines is 1. The SMILES string of the molecule is O=C(COc1ccc2ccc(=O)oc2c1)Nc1nc(C2CC2)cs1. The minimum absolute atomic E-state index is 0.138. The molecule has 1 aliphatic carbocycles. The summed E-state index contributed by atoms with van der Waals surface area (Å²) in [6.45, 7) is -0.138. The number of nitrogens with one attached hydrogen (secondary N) is 1. The molecule has 1 saturated carbocycles. The van der Waals surface area contributed by atoms with E-state index >= 15 is 0 Å². The van der Waals surface area contributed by atoms with Crippen LogP contribution in [0.15, 0.2) is 44.9 Å². The molecule has 2 aromatic heterocycles. The number of nitrogens with zero attached hydrogens (tertiary/aromatic N) is 1. The molecule has 4 rings (SSSR count). The highest BCUT2D eigenvalue weighted by molar-refractivity contribution is 7.13. The number of ether oxygens (including phenoxy) is 1. The van der Waals surface area contributed by atoms with Crippen LogP contribution in [0.5, 0.6) is 5.75 Å². The van der Waals surface area contributed by atoms with Crippen LogP contribution >= 0.6 is 11.3 Å². The van der Waals surface area contributed by atoms with Crippen molar-refractivity contribution in [2.45, 2.75) is 18.8 Å². The molecule has 3 aromatic rings. The van der Waals surface area contributed by atoms with Gasteiger partial charge in [-0.1, -0.05) is 0 Å². The van der Waals surface area contributed by atoms with E-state index in [1.807, 2.05) is 5.38 Å². The van der Waals surface area contributed by atoms with E-state index in [-0.39, 0.29) is 12.5 Å². The van der Waals surface area contributed by atoms with Crippen molar-refractivity contribution in [3.63, 3.8) is 0 Å². The van der Waals surface area contributed by atoms with Gasteiger partial charge >= 0.3 is 5.63 Å². The predicted octanol–water partition coefficient (Wildman–Crippen LogP) is 3.14. The van der Waals surface area contributed by atoms with Crippen molar-refractivity contribution in [2.24, 2.45) is 0 Å². The molecular weight excluding hydrogens is 328 g/mol. The summed E-state index contributed by atoms with van der Waals surface area (Å²) >= 11 is 1.42. The van der Waals surface area contributed by atoms with E-state index in [0.717, 1.165) is 11.1 Å². The maximum absolute atomic E-state index is 12.0. The van der Waals surface area contributed by atoms with E-state index in [9.17, 15) is 9.59 Å². The van der Waals surface area contributed by atoms with Crippen LogP contribution in [-0.2, 0) is 4.79 Å².